The molecule has 0 aliphatic rings. The normalized spacial score (nSPS) is 10.6. The number of hydrogen-bond donors (Lipinski definition) is 2. The molecule has 0 amide bonds. The fourth-order valence-electron chi connectivity index (χ4n) is 1.51. The lowest BCUT2D eigenvalue weighted by Crippen LogP contribution is -2.14. The van der Waals surface area contributed by atoms with Gasteiger partial charge in [-0.25, -0.2) is 4.98 Å². The molecule has 0 aliphatic carbocycles. The van der Waals surface area contributed by atoms with E-state index in [9.17, 15) is 4.79 Å². The first-order chi connectivity index (χ1) is 8.76. The van der Waals surface area contributed by atoms with Crippen molar-refractivity contribution in [1.29, 1.82) is 0 Å². The highest BCUT2D eigenvalue weighted by Crippen LogP contribution is 1.99. The van der Waals surface area contributed by atoms with Crippen molar-refractivity contribution < 1.29 is 4.74 Å². The van der Waals surface area contributed by atoms with Gasteiger partial charge in [-0.3, -0.25) is 4.79 Å². The second kappa shape index (κ2) is 8.69. The van der Waals surface area contributed by atoms with Crippen LogP contribution in [0.1, 0.15) is 38.9 Å². The van der Waals surface area contributed by atoms with Crippen LogP contribution >= 0.6 is 0 Å². The van der Waals surface area contributed by atoms with Crippen molar-refractivity contribution in [2.24, 2.45) is 0 Å². The maximum Gasteiger partial charge on any atom is 0.252 e. The lowest BCUT2D eigenvalue weighted by atomic mass is 10.3. The summed E-state index contributed by atoms with van der Waals surface area (Å²) in [4.78, 5) is 18.3. The predicted octanol–water partition coefficient (Wildman–Crippen LogP) is 1.95. The van der Waals surface area contributed by atoms with Gasteiger partial charge in [-0.05, 0) is 12.8 Å². The van der Waals surface area contributed by atoms with Crippen LogP contribution in [0.3, 0.4) is 0 Å². The topological polar surface area (TPSA) is 67.0 Å². The first-order valence-electron chi connectivity index (χ1n) is 6.68. The summed E-state index contributed by atoms with van der Waals surface area (Å²) in [5.41, 5.74) is -0.108. The number of unbranched alkanes of at least 4 members (excludes halogenated alkanes) is 1. The van der Waals surface area contributed by atoms with Crippen LogP contribution in [0.5, 0.6) is 0 Å². The molecule has 1 aromatic heterocycles. The Morgan fingerprint density at radius 1 is 1.33 bits per heavy atom. The van der Waals surface area contributed by atoms with Gasteiger partial charge in [-0.2, -0.15) is 0 Å². The third-order valence-electron chi connectivity index (χ3n) is 2.54. The molecular formula is C13H23N3O2. The van der Waals surface area contributed by atoms with Gasteiger partial charge < -0.3 is 15.0 Å². The van der Waals surface area contributed by atoms with Crippen molar-refractivity contribution in [1.82, 2.24) is 9.97 Å². The molecule has 0 saturated heterocycles. The zero-order valence-corrected chi connectivity index (χ0v) is 11.3. The largest absolute Gasteiger partial charge is 0.381 e. The number of nitrogens with zero attached hydrogens (tertiary/aromatic N) is 1. The summed E-state index contributed by atoms with van der Waals surface area (Å²) >= 11 is 0. The van der Waals surface area contributed by atoms with E-state index in [0.29, 0.717) is 11.6 Å². The Bertz CT molecular complexity index is 390. The van der Waals surface area contributed by atoms with Crippen LogP contribution in [0.4, 0.5) is 5.82 Å². The number of aromatic amines is 1. The van der Waals surface area contributed by atoms with Crippen LogP contribution in [-0.2, 0) is 11.2 Å². The third kappa shape index (κ3) is 5.82. The molecule has 102 valence electrons. The zero-order chi connectivity index (χ0) is 13.2. The van der Waals surface area contributed by atoms with Gasteiger partial charge in [0.15, 0.2) is 0 Å². The van der Waals surface area contributed by atoms with Crippen molar-refractivity contribution in [2.75, 3.05) is 25.1 Å². The second-order valence-electron chi connectivity index (χ2n) is 4.18. The molecular weight excluding hydrogens is 230 g/mol. The number of aryl methyl sites for hydroxylation is 1. The minimum atomic E-state index is -0.108. The molecule has 0 fully saturated rings. The molecule has 1 rings (SSSR count). The number of aromatic nitrogens is 2. The molecule has 2 N–H and O–H groups in total. The lowest BCUT2D eigenvalue weighted by Gasteiger charge is -2.07. The number of nitrogens with one attached hydrogen (secondary N) is 2. The first-order valence-corrected chi connectivity index (χ1v) is 6.68. The van der Waals surface area contributed by atoms with Crippen LogP contribution in [-0.4, -0.2) is 29.7 Å². The summed E-state index contributed by atoms with van der Waals surface area (Å²) in [6, 6.07) is 1.48. The van der Waals surface area contributed by atoms with E-state index in [-0.39, 0.29) is 5.56 Å². The zero-order valence-electron chi connectivity index (χ0n) is 11.3. The monoisotopic (exact) mass is 253 g/mol. The van der Waals surface area contributed by atoms with E-state index >= 15 is 0 Å². The van der Waals surface area contributed by atoms with Crippen LogP contribution in [0.15, 0.2) is 10.9 Å². The summed E-state index contributed by atoms with van der Waals surface area (Å²) in [7, 11) is 0. The maximum atomic E-state index is 11.3. The van der Waals surface area contributed by atoms with Gasteiger partial charge in [0, 0.05) is 32.2 Å². The van der Waals surface area contributed by atoms with Gasteiger partial charge >= 0.3 is 0 Å². The molecule has 1 aromatic rings. The first kappa shape index (κ1) is 14.7. The summed E-state index contributed by atoms with van der Waals surface area (Å²) in [5, 5.41) is 3.14. The Kier molecular flexibility index (Phi) is 7.10. The Balaban J connectivity index is 2.23. The van der Waals surface area contributed by atoms with E-state index in [1.807, 2.05) is 6.92 Å². The molecule has 1 heterocycles. The molecule has 5 heteroatoms. The maximum absolute atomic E-state index is 11.3. The fourth-order valence-corrected chi connectivity index (χ4v) is 1.51. The highest BCUT2D eigenvalue weighted by Gasteiger charge is 1.98. The van der Waals surface area contributed by atoms with Gasteiger partial charge in [0.2, 0.25) is 0 Å². The minimum Gasteiger partial charge on any atom is -0.381 e. The highest BCUT2D eigenvalue weighted by molar-refractivity contribution is 5.32. The summed E-state index contributed by atoms with van der Waals surface area (Å²) in [6.07, 6.45) is 3.92. The molecule has 0 spiro atoms. The van der Waals surface area contributed by atoms with Gasteiger partial charge in [0.25, 0.3) is 5.56 Å². The van der Waals surface area contributed by atoms with E-state index in [4.69, 9.17) is 4.74 Å². The Morgan fingerprint density at radius 3 is 2.83 bits per heavy atom. The van der Waals surface area contributed by atoms with E-state index in [1.54, 1.807) is 0 Å². The molecule has 0 radical (unpaired) electrons. The number of hydrogen-bond acceptors (Lipinski definition) is 4. The molecule has 0 aliphatic heterocycles. The molecule has 0 aromatic carbocycles. The quantitative estimate of drug-likeness (QED) is 0.660. The van der Waals surface area contributed by atoms with Crippen molar-refractivity contribution in [2.45, 2.75) is 39.5 Å². The Hall–Kier alpha value is -1.36. The fraction of sp³-hybridized carbons (Fsp3) is 0.692. The van der Waals surface area contributed by atoms with Crippen LogP contribution in [0.25, 0.3) is 0 Å². The number of rotatable bonds is 9. The SMILES string of the molecule is CCCCOCCCNc1cc(=O)[nH]c(CC)n1. The van der Waals surface area contributed by atoms with E-state index in [2.05, 4.69) is 22.2 Å². The number of anilines is 1. The van der Waals surface area contributed by atoms with Gasteiger partial charge in [0.05, 0.1) is 0 Å². The van der Waals surface area contributed by atoms with Crippen molar-refractivity contribution >= 4 is 5.82 Å². The van der Waals surface area contributed by atoms with Gasteiger partial charge in [-0.1, -0.05) is 20.3 Å². The van der Waals surface area contributed by atoms with Crippen LogP contribution < -0.4 is 10.9 Å². The van der Waals surface area contributed by atoms with Gasteiger partial charge in [0.1, 0.15) is 11.6 Å². The molecule has 5 nitrogen and oxygen atoms in total. The molecule has 0 atom stereocenters. The summed E-state index contributed by atoms with van der Waals surface area (Å²) in [5.74, 6) is 1.35. The Morgan fingerprint density at radius 2 is 2.11 bits per heavy atom. The second-order valence-corrected chi connectivity index (χ2v) is 4.18. The van der Waals surface area contributed by atoms with Crippen LogP contribution in [0, 0.1) is 0 Å². The third-order valence-corrected chi connectivity index (χ3v) is 2.54. The molecule has 18 heavy (non-hydrogen) atoms. The molecule has 0 saturated carbocycles. The minimum absolute atomic E-state index is 0.108. The van der Waals surface area contributed by atoms with Crippen molar-refractivity contribution in [3.8, 4) is 0 Å². The van der Waals surface area contributed by atoms with E-state index in [0.717, 1.165) is 45.4 Å². The number of ether oxygens (including phenoxy) is 1. The summed E-state index contributed by atoms with van der Waals surface area (Å²) < 4.78 is 5.45. The highest BCUT2D eigenvalue weighted by atomic mass is 16.5. The predicted molar refractivity (Wildman–Crippen MR) is 73.1 cm³/mol. The standard InChI is InChI=1S/C13H23N3O2/c1-3-5-8-18-9-6-7-14-12-10-13(17)16-11(4-2)15-12/h10H,3-9H2,1-2H3,(H2,14,15,16,17). The molecule has 0 bridgehead atoms. The average molecular weight is 253 g/mol. The molecule has 0 unspecified atom stereocenters. The smallest absolute Gasteiger partial charge is 0.252 e. The van der Waals surface area contributed by atoms with Crippen LogP contribution in [0.2, 0.25) is 0 Å². The Labute approximate surface area is 108 Å². The number of H-pyrrole nitrogens is 1. The van der Waals surface area contributed by atoms with Gasteiger partial charge in [-0.15, -0.1) is 0 Å². The lowest BCUT2D eigenvalue weighted by molar-refractivity contribution is 0.131. The summed E-state index contributed by atoms with van der Waals surface area (Å²) in [6.45, 7) is 6.46. The van der Waals surface area contributed by atoms with Crippen molar-refractivity contribution in [3.63, 3.8) is 0 Å². The van der Waals surface area contributed by atoms with E-state index < -0.39 is 0 Å². The van der Waals surface area contributed by atoms with Crippen molar-refractivity contribution in [3.05, 3.63) is 22.2 Å². The van der Waals surface area contributed by atoms with E-state index in [1.165, 1.54) is 6.07 Å². The average Bonchev–Trinajstić information content (AvgIpc) is 2.37.